The number of benzene rings is 4. The second-order valence-corrected chi connectivity index (χ2v) is 8.43. The van der Waals surface area contributed by atoms with Crippen LogP contribution in [0.15, 0.2) is 115 Å². The smallest absolute Gasteiger partial charge is 0.272 e. The summed E-state index contributed by atoms with van der Waals surface area (Å²) in [5.41, 5.74) is 2.68. The van der Waals surface area contributed by atoms with Gasteiger partial charge >= 0.3 is 0 Å². The highest BCUT2D eigenvalue weighted by atomic mass is 16.5. The highest BCUT2D eigenvalue weighted by Gasteiger charge is 2.16. The number of carbonyl (C=O) groups excluding carboxylic acids is 2. The summed E-state index contributed by atoms with van der Waals surface area (Å²) < 4.78 is 11.2. The summed E-state index contributed by atoms with van der Waals surface area (Å²) in [6.45, 7) is 0. The van der Waals surface area contributed by atoms with Gasteiger partial charge in [0.25, 0.3) is 11.8 Å². The van der Waals surface area contributed by atoms with Crippen LogP contribution in [0.3, 0.4) is 0 Å². The summed E-state index contributed by atoms with van der Waals surface area (Å²) >= 11 is 0. The third-order valence-electron chi connectivity index (χ3n) is 5.84. The lowest BCUT2D eigenvalue weighted by atomic mass is 10.1. The monoisotopic (exact) mass is 503 g/mol. The number of hydrogen-bond donors (Lipinski definition) is 3. The van der Waals surface area contributed by atoms with Crippen molar-refractivity contribution >= 4 is 34.5 Å². The van der Waals surface area contributed by atoms with Crippen molar-refractivity contribution in [2.75, 3.05) is 12.4 Å². The van der Waals surface area contributed by atoms with Gasteiger partial charge in [0, 0.05) is 33.9 Å². The summed E-state index contributed by atoms with van der Waals surface area (Å²) in [6, 6.07) is 30.8. The topological polar surface area (TPSA) is 92.5 Å². The Hall–Kier alpha value is -5.30. The van der Waals surface area contributed by atoms with E-state index in [9.17, 15) is 9.59 Å². The quantitative estimate of drug-likeness (QED) is 0.214. The SMILES string of the molecule is COc1ccc2[nH]cc(/C=C(\NC(=O)c3ccccc3)C(=O)Nc3ccc(Oc4ccccc4)cc3)c2c1. The molecule has 0 saturated heterocycles. The highest BCUT2D eigenvalue weighted by molar-refractivity contribution is 6.11. The van der Waals surface area contributed by atoms with Crippen molar-refractivity contribution in [3.8, 4) is 17.2 Å². The average molecular weight is 504 g/mol. The van der Waals surface area contributed by atoms with Crippen LogP contribution in [-0.4, -0.2) is 23.9 Å². The predicted octanol–water partition coefficient (Wildman–Crippen LogP) is 6.38. The first-order valence-corrected chi connectivity index (χ1v) is 12.0. The number of rotatable bonds is 8. The van der Waals surface area contributed by atoms with Crippen molar-refractivity contribution in [3.63, 3.8) is 0 Å². The lowest BCUT2D eigenvalue weighted by molar-refractivity contribution is -0.113. The van der Waals surface area contributed by atoms with Crippen LogP contribution in [0.2, 0.25) is 0 Å². The number of para-hydroxylation sites is 1. The van der Waals surface area contributed by atoms with Gasteiger partial charge in [-0.2, -0.15) is 0 Å². The molecule has 0 atom stereocenters. The minimum absolute atomic E-state index is 0.0900. The molecule has 0 aliphatic carbocycles. The van der Waals surface area contributed by atoms with Crippen LogP contribution in [0.4, 0.5) is 5.69 Å². The molecule has 188 valence electrons. The molecule has 0 aliphatic heterocycles. The molecule has 7 nitrogen and oxygen atoms in total. The Balaban J connectivity index is 1.41. The maximum absolute atomic E-state index is 13.4. The highest BCUT2D eigenvalue weighted by Crippen LogP contribution is 2.26. The minimum Gasteiger partial charge on any atom is -0.497 e. The van der Waals surface area contributed by atoms with Crippen LogP contribution in [0, 0.1) is 0 Å². The largest absolute Gasteiger partial charge is 0.497 e. The Bertz CT molecular complexity index is 1590. The Morgan fingerprint density at radius 3 is 2.16 bits per heavy atom. The van der Waals surface area contributed by atoms with E-state index in [0.717, 1.165) is 16.5 Å². The van der Waals surface area contributed by atoms with Crippen molar-refractivity contribution < 1.29 is 19.1 Å². The van der Waals surface area contributed by atoms with Crippen LogP contribution < -0.4 is 20.1 Å². The summed E-state index contributed by atoms with van der Waals surface area (Å²) in [4.78, 5) is 29.5. The zero-order valence-corrected chi connectivity index (χ0v) is 20.6. The molecule has 4 aromatic carbocycles. The number of fused-ring (bicyclic) bond motifs is 1. The number of H-pyrrole nitrogens is 1. The van der Waals surface area contributed by atoms with E-state index in [-0.39, 0.29) is 5.70 Å². The van der Waals surface area contributed by atoms with Gasteiger partial charge in [0.15, 0.2) is 0 Å². The molecule has 3 N–H and O–H groups in total. The number of methoxy groups -OCH3 is 1. The van der Waals surface area contributed by atoms with E-state index in [2.05, 4.69) is 15.6 Å². The lowest BCUT2D eigenvalue weighted by Crippen LogP contribution is -2.30. The van der Waals surface area contributed by atoms with Gasteiger partial charge in [-0.1, -0.05) is 36.4 Å². The summed E-state index contributed by atoms with van der Waals surface area (Å²) in [7, 11) is 1.60. The summed E-state index contributed by atoms with van der Waals surface area (Å²) in [5, 5.41) is 6.48. The maximum atomic E-state index is 13.4. The van der Waals surface area contributed by atoms with E-state index < -0.39 is 11.8 Å². The zero-order chi connectivity index (χ0) is 26.3. The van der Waals surface area contributed by atoms with Crippen molar-refractivity contribution in [3.05, 3.63) is 126 Å². The van der Waals surface area contributed by atoms with Crippen LogP contribution in [-0.2, 0) is 4.79 Å². The molecular weight excluding hydrogens is 478 g/mol. The fourth-order valence-corrected chi connectivity index (χ4v) is 3.89. The number of carbonyl (C=O) groups is 2. The third-order valence-corrected chi connectivity index (χ3v) is 5.84. The Kier molecular flexibility index (Phi) is 7.18. The average Bonchev–Trinajstić information content (AvgIpc) is 3.36. The van der Waals surface area contributed by atoms with Crippen molar-refractivity contribution in [1.29, 1.82) is 0 Å². The second-order valence-electron chi connectivity index (χ2n) is 8.43. The lowest BCUT2D eigenvalue weighted by Gasteiger charge is -2.12. The van der Waals surface area contributed by atoms with Gasteiger partial charge < -0.3 is 25.1 Å². The van der Waals surface area contributed by atoms with Crippen LogP contribution in [0.25, 0.3) is 17.0 Å². The zero-order valence-electron chi connectivity index (χ0n) is 20.6. The first-order valence-electron chi connectivity index (χ1n) is 12.0. The summed E-state index contributed by atoms with van der Waals surface area (Å²) in [5.74, 6) is 1.17. The molecule has 5 rings (SSSR count). The molecule has 38 heavy (non-hydrogen) atoms. The number of anilines is 1. The van der Waals surface area contributed by atoms with Crippen molar-refractivity contribution in [2.24, 2.45) is 0 Å². The molecule has 1 aromatic heterocycles. The molecule has 5 aromatic rings. The minimum atomic E-state index is -0.469. The molecule has 0 fully saturated rings. The Morgan fingerprint density at radius 1 is 0.789 bits per heavy atom. The Labute approximate surface area is 219 Å². The van der Waals surface area contributed by atoms with Gasteiger partial charge in [-0.3, -0.25) is 9.59 Å². The molecule has 7 heteroatoms. The number of nitrogens with one attached hydrogen (secondary N) is 3. The predicted molar refractivity (Wildman–Crippen MR) is 148 cm³/mol. The van der Waals surface area contributed by atoms with Gasteiger partial charge in [0.05, 0.1) is 7.11 Å². The van der Waals surface area contributed by atoms with Crippen LogP contribution in [0.1, 0.15) is 15.9 Å². The standard InChI is InChI=1S/C31H25N3O4/c1-37-26-16-17-28-27(19-26)22(20-32-28)18-29(34-30(35)21-8-4-2-5-9-21)31(36)33-23-12-14-25(15-13-23)38-24-10-6-3-7-11-24/h2-20,32H,1H3,(H,33,36)(H,34,35)/b29-18-. The molecule has 0 spiro atoms. The third kappa shape index (κ3) is 5.74. The number of aromatic nitrogens is 1. The van der Waals surface area contributed by atoms with Crippen LogP contribution in [0.5, 0.6) is 17.2 Å². The van der Waals surface area contributed by atoms with Crippen LogP contribution >= 0.6 is 0 Å². The van der Waals surface area contributed by atoms with Gasteiger partial charge in [-0.15, -0.1) is 0 Å². The first kappa shape index (κ1) is 24.4. The molecule has 0 aliphatic rings. The molecular formula is C31H25N3O4. The van der Waals surface area contributed by atoms with E-state index in [4.69, 9.17) is 9.47 Å². The molecule has 0 radical (unpaired) electrons. The number of aromatic amines is 1. The normalized spacial score (nSPS) is 11.1. The van der Waals surface area contributed by atoms with Gasteiger partial charge in [-0.25, -0.2) is 0 Å². The molecule has 2 amide bonds. The molecule has 0 unspecified atom stereocenters. The fraction of sp³-hybridized carbons (Fsp3) is 0.0323. The number of hydrogen-bond acceptors (Lipinski definition) is 4. The molecule has 0 saturated carbocycles. The fourth-order valence-electron chi connectivity index (χ4n) is 3.89. The van der Waals surface area contributed by atoms with E-state index in [1.54, 1.807) is 67.9 Å². The van der Waals surface area contributed by atoms with Gasteiger partial charge in [0.1, 0.15) is 22.9 Å². The Morgan fingerprint density at radius 2 is 1.45 bits per heavy atom. The van der Waals surface area contributed by atoms with Crippen molar-refractivity contribution in [1.82, 2.24) is 10.3 Å². The van der Waals surface area contributed by atoms with Gasteiger partial charge in [-0.05, 0) is 72.8 Å². The first-order chi connectivity index (χ1) is 18.6. The molecule has 0 bridgehead atoms. The van der Waals surface area contributed by atoms with E-state index in [1.165, 1.54) is 0 Å². The second kappa shape index (κ2) is 11.2. The maximum Gasteiger partial charge on any atom is 0.272 e. The number of ether oxygens (including phenoxy) is 2. The van der Waals surface area contributed by atoms with E-state index >= 15 is 0 Å². The van der Waals surface area contributed by atoms with Crippen molar-refractivity contribution in [2.45, 2.75) is 0 Å². The van der Waals surface area contributed by atoms with E-state index in [0.29, 0.717) is 28.5 Å². The summed E-state index contributed by atoms with van der Waals surface area (Å²) in [6.07, 6.45) is 3.42. The van der Waals surface area contributed by atoms with E-state index in [1.807, 2.05) is 54.6 Å². The number of amides is 2. The molecule has 1 heterocycles. The van der Waals surface area contributed by atoms with Gasteiger partial charge in [0.2, 0.25) is 0 Å².